The van der Waals surface area contributed by atoms with Crippen LogP contribution in [0.4, 0.5) is 5.69 Å². The zero-order valence-corrected chi connectivity index (χ0v) is 13.0. The van der Waals surface area contributed by atoms with Crippen LogP contribution in [0.25, 0.3) is 10.6 Å². The summed E-state index contributed by atoms with van der Waals surface area (Å²) >= 11 is 1.34. The number of nitrogen functional groups attached to an aromatic ring is 1. The molecule has 0 unspecified atom stereocenters. The molecule has 0 atom stereocenters. The zero-order chi connectivity index (χ0) is 14.9. The first-order valence-electron chi connectivity index (χ1n) is 6.61. The summed E-state index contributed by atoms with van der Waals surface area (Å²) in [7, 11) is 0. The minimum absolute atomic E-state index is 0.204. The van der Waals surface area contributed by atoms with Crippen LogP contribution in [0.3, 0.4) is 0 Å². The summed E-state index contributed by atoms with van der Waals surface area (Å²) in [6.07, 6.45) is 0. The summed E-state index contributed by atoms with van der Waals surface area (Å²) in [6, 6.07) is 3.81. The van der Waals surface area contributed by atoms with Crippen molar-refractivity contribution in [3.8, 4) is 10.6 Å². The molecule has 0 aliphatic rings. The average molecular weight is 293 g/mol. The van der Waals surface area contributed by atoms with Gasteiger partial charge in [-0.25, -0.2) is 4.79 Å². The average Bonchev–Trinajstić information content (AvgIpc) is 2.93. The van der Waals surface area contributed by atoms with Gasteiger partial charge >= 0.3 is 5.97 Å². The lowest BCUT2D eigenvalue weighted by atomic mass is 10.0. The van der Waals surface area contributed by atoms with Gasteiger partial charge in [-0.15, -0.1) is 11.3 Å². The lowest BCUT2D eigenvalue weighted by molar-refractivity contribution is 0.0533. The summed E-state index contributed by atoms with van der Waals surface area (Å²) in [4.78, 5) is 13.3. The summed E-state index contributed by atoms with van der Waals surface area (Å²) in [5, 5.41) is 0. The number of thiophene rings is 1. The van der Waals surface area contributed by atoms with Crippen LogP contribution >= 0.6 is 11.3 Å². The fraction of sp³-hybridized carbons (Fsp3) is 0.400. The smallest absolute Gasteiger partial charge is 0.350 e. The van der Waals surface area contributed by atoms with Crippen molar-refractivity contribution in [2.75, 3.05) is 12.3 Å². The number of ether oxygens (including phenoxy) is 1. The summed E-state index contributed by atoms with van der Waals surface area (Å²) < 4.78 is 10.7. The molecule has 2 N–H and O–H groups in total. The number of anilines is 1. The van der Waals surface area contributed by atoms with Crippen LogP contribution in [0.15, 0.2) is 16.5 Å². The Hall–Kier alpha value is -1.75. The number of hydrogen-bond acceptors (Lipinski definition) is 5. The van der Waals surface area contributed by atoms with Crippen molar-refractivity contribution in [3.63, 3.8) is 0 Å². The van der Waals surface area contributed by atoms with Gasteiger partial charge in [0.15, 0.2) is 0 Å². The maximum atomic E-state index is 12.0. The molecule has 20 heavy (non-hydrogen) atoms. The van der Waals surface area contributed by atoms with E-state index < -0.39 is 0 Å². The summed E-state index contributed by atoms with van der Waals surface area (Å²) in [5.41, 5.74) is 7.61. The third-order valence-corrected chi connectivity index (χ3v) is 4.20. The van der Waals surface area contributed by atoms with Crippen molar-refractivity contribution in [2.24, 2.45) is 0 Å². The first-order valence-corrected chi connectivity index (χ1v) is 7.43. The number of nitrogens with two attached hydrogens (primary N) is 1. The van der Waals surface area contributed by atoms with E-state index in [0.29, 0.717) is 17.2 Å². The Labute approximate surface area is 122 Å². The molecule has 0 radical (unpaired) electrons. The first-order chi connectivity index (χ1) is 9.45. The van der Waals surface area contributed by atoms with E-state index in [1.807, 2.05) is 32.9 Å². The minimum Gasteiger partial charge on any atom is -0.462 e. The Kier molecular flexibility index (Phi) is 4.18. The molecule has 0 bridgehead atoms. The maximum Gasteiger partial charge on any atom is 0.350 e. The molecule has 0 amide bonds. The molecule has 0 saturated heterocycles. The van der Waals surface area contributed by atoms with Gasteiger partial charge in [-0.2, -0.15) is 0 Å². The largest absolute Gasteiger partial charge is 0.462 e. The van der Waals surface area contributed by atoms with E-state index in [2.05, 4.69) is 0 Å². The third kappa shape index (κ3) is 2.58. The highest BCUT2D eigenvalue weighted by molar-refractivity contribution is 7.18. The Morgan fingerprint density at radius 3 is 2.65 bits per heavy atom. The van der Waals surface area contributed by atoms with Gasteiger partial charge in [-0.05, 0) is 31.9 Å². The van der Waals surface area contributed by atoms with Crippen LogP contribution < -0.4 is 5.73 Å². The SMILES string of the molecule is CCOC(=O)c1sc(-c2ccc(C)o2)c(C(C)C)c1N. The number of esters is 1. The van der Waals surface area contributed by atoms with Gasteiger partial charge in [0.2, 0.25) is 0 Å². The van der Waals surface area contributed by atoms with E-state index in [0.717, 1.165) is 22.0 Å². The molecule has 0 aliphatic heterocycles. The van der Waals surface area contributed by atoms with Gasteiger partial charge in [0.05, 0.1) is 17.2 Å². The van der Waals surface area contributed by atoms with Crippen molar-refractivity contribution in [1.82, 2.24) is 0 Å². The second-order valence-electron chi connectivity index (χ2n) is 4.87. The van der Waals surface area contributed by atoms with Crippen LogP contribution in [0, 0.1) is 6.92 Å². The van der Waals surface area contributed by atoms with Gasteiger partial charge in [0, 0.05) is 5.56 Å². The van der Waals surface area contributed by atoms with E-state index >= 15 is 0 Å². The van der Waals surface area contributed by atoms with Gasteiger partial charge in [0.1, 0.15) is 16.4 Å². The molecule has 0 spiro atoms. The molecule has 108 valence electrons. The van der Waals surface area contributed by atoms with E-state index in [9.17, 15) is 4.79 Å². The Bertz CT molecular complexity index is 625. The lowest BCUT2D eigenvalue weighted by Crippen LogP contribution is -2.06. The maximum absolute atomic E-state index is 12.0. The Morgan fingerprint density at radius 1 is 1.45 bits per heavy atom. The monoisotopic (exact) mass is 293 g/mol. The molecule has 2 heterocycles. The van der Waals surface area contributed by atoms with Crippen LogP contribution in [-0.2, 0) is 4.74 Å². The predicted molar refractivity (Wildman–Crippen MR) is 81.2 cm³/mol. The fourth-order valence-electron chi connectivity index (χ4n) is 2.12. The van der Waals surface area contributed by atoms with Crippen molar-refractivity contribution in [1.29, 1.82) is 0 Å². The number of hydrogen-bond donors (Lipinski definition) is 1. The van der Waals surface area contributed by atoms with Crippen LogP contribution in [-0.4, -0.2) is 12.6 Å². The van der Waals surface area contributed by atoms with E-state index in [4.69, 9.17) is 14.9 Å². The summed E-state index contributed by atoms with van der Waals surface area (Å²) in [6.45, 7) is 8.10. The van der Waals surface area contributed by atoms with Crippen LogP contribution in [0.1, 0.15) is 47.7 Å². The van der Waals surface area contributed by atoms with E-state index in [1.54, 1.807) is 6.92 Å². The number of furan rings is 1. The highest BCUT2D eigenvalue weighted by Crippen LogP contribution is 2.43. The Balaban J connectivity index is 2.56. The van der Waals surface area contributed by atoms with Crippen LogP contribution in [0.2, 0.25) is 0 Å². The quantitative estimate of drug-likeness (QED) is 0.858. The second-order valence-corrected chi connectivity index (χ2v) is 5.89. The number of rotatable bonds is 4. The van der Waals surface area contributed by atoms with E-state index in [-0.39, 0.29) is 11.9 Å². The van der Waals surface area contributed by atoms with Crippen molar-refractivity contribution < 1.29 is 13.9 Å². The first kappa shape index (κ1) is 14.7. The molecule has 5 heteroatoms. The number of carbonyl (C=O) groups excluding carboxylic acids is 1. The molecule has 0 aromatic carbocycles. The topological polar surface area (TPSA) is 65.5 Å². The van der Waals surface area contributed by atoms with Gasteiger partial charge in [-0.1, -0.05) is 13.8 Å². The molecule has 0 saturated carbocycles. The van der Waals surface area contributed by atoms with Crippen molar-refractivity contribution in [3.05, 3.63) is 28.3 Å². The molecule has 2 aromatic rings. The molecule has 2 rings (SSSR count). The van der Waals surface area contributed by atoms with Gasteiger partial charge in [0.25, 0.3) is 0 Å². The molecular formula is C15H19NO3S. The van der Waals surface area contributed by atoms with Gasteiger partial charge < -0.3 is 14.9 Å². The molecule has 0 fully saturated rings. The second kappa shape index (κ2) is 5.71. The Morgan fingerprint density at radius 2 is 2.15 bits per heavy atom. The highest BCUT2D eigenvalue weighted by Gasteiger charge is 2.25. The normalized spacial score (nSPS) is 11.1. The van der Waals surface area contributed by atoms with Crippen molar-refractivity contribution in [2.45, 2.75) is 33.6 Å². The minimum atomic E-state index is -0.369. The number of carbonyl (C=O) groups is 1. The van der Waals surface area contributed by atoms with E-state index in [1.165, 1.54) is 11.3 Å². The molecule has 2 aromatic heterocycles. The van der Waals surface area contributed by atoms with Gasteiger partial charge in [-0.3, -0.25) is 0 Å². The summed E-state index contributed by atoms with van der Waals surface area (Å²) in [5.74, 6) is 1.42. The molecule has 0 aliphatic carbocycles. The third-order valence-electron chi connectivity index (χ3n) is 2.99. The lowest BCUT2D eigenvalue weighted by Gasteiger charge is -2.07. The predicted octanol–water partition coefficient (Wildman–Crippen LogP) is 4.20. The van der Waals surface area contributed by atoms with Crippen molar-refractivity contribution >= 4 is 23.0 Å². The number of aryl methyl sites for hydroxylation is 1. The fourth-order valence-corrected chi connectivity index (χ4v) is 3.35. The molecular weight excluding hydrogens is 274 g/mol. The highest BCUT2D eigenvalue weighted by atomic mass is 32.1. The molecule has 4 nitrogen and oxygen atoms in total. The zero-order valence-electron chi connectivity index (χ0n) is 12.1. The standard InChI is InChI=1S/C15H19NO3S/c1-5-18-15(17)14-12(16)11(8(2)3)13(20-14)10-7-6-9(4)19-10/h6-8H,5,16H2,1-4H3. The van der Waals surface area contributed by atoms with Crippen LogP contribution in [0.5, 0.6) is 0 Å².